The molecule has 0 radical (unpaired) electrons. The zero-order valence-corrected chi connectivity index (χ0v) is 25.2. The predicted molar refractivity (Wildman–Crippen MR) is 161 cm³/mol. The van der Waals surface area contributed by atoms with Crippen LogP contribution in [0, 0.1) is 43.4 Å². The first-order valence-electron chi connectivity index (χ1n) is 14.2. The molecule has 0 N–H and O–H groups in total. The third-order valence-corrected chi connectivity index (χ3v) is 7.09. The van der Waals surface area contributed by atoms with Gasteiger partial charge >= 0.3 is 0 Å². The molecular formula is C33H58N2O. The third-order valence-electron chi connectivity index (χ3n) is 7.09. The van der Waals surface area contributed by atoms with Crippen molar-refractivity contribution in [3.05, 3.63) is 35.4 Å². The van der Waals surface area contributed by atoms with Gasteiger partial charge < -0.3 is 9.64 Å². The average Bonchev–Trinajstić information content (AvgIpc) is 3.36. The van der Waals surface area contributed by atoms with E-state index in [-0.39, 0.29) is 6.23 Å². The first kappa shape index (κ1) is 36.4. The molecule has 1 saturated heterocycles. The fraction of sp³-hybridized carbons (Fsp3) is 0.697. The van der Waals surface area contributed by atoms with E-state index in [9.17, 15) is 0 Å². The minimum absolute atomic E-state index is 0.272. The van der Waals surface area contributed by atoms with E-state index >= 15 is 0 Å². The number of likely N-dealkylation sites (tertiary alicyclic amines) is 1. The highest BCUT2D eigenvalue weighted by atomic mass is 16.5. The van der Waals surface area contributed by atoms with Gasteiger partial charge in [0.2, 0.25) is 0 Å². The second-order valence-corrected chi connectivity index (χ2v) is 9.58. The Morgan fingerprint density at radius 2 is 1.53 bits per heavy atom. The standard InChI is InChI=1S/C25H42N2O.2C2H6.2C2H2/c1-6-15-26(4)16-14-20-10-12-21(13-11-20)23-9-7-8-22-17-27(18-24(22)23)25(28-5)19(2)3;4*1-2/h10-13,19,22-25H,6-9,14-18H2,1-5H3;2*1-2H3;2*1-2H. The summed E-state index contributed by atoms with van der Waals surface area (Å²) in [5.74, 6) is 2.92. The minimum atomic E-state index is 0.272. The van der Waals surface area contributed by atoms with Crippen LogP contribution in [0.1, 0.15) is 91.2 Å². The molecule has 0 amide bonds. The van der Waals surface area contributed by atoms with Crippen molar-refractivity contribution in [3.8, 4) is 25.7 Å². The van der Waals surface area contributed by atoms with Gasteiger partial charge in [-0.15, -0.1) is 25.7 Å². The van der Waals surface area contributed by atoms with E-state index in [0.717, 1.165) is 30.7 Å². The maximum absolute atomic E-state index is 5.84. The molecule has 3 nitrogen and oxygen atoms in total. The first-order valence-corrected chi connectivity index (χ1v) is 14.2. The molecule has 1 aliphatic carbocycles. The Kier molecular flexibility index (Phi) is 22.7. The summed E-state index contributed by atoms with van der Waals surface area (Å²) in [5, 5.41) is 0. The maximum Gasteiger partial charge on any atom is 0.112 e. The van der Waals surface area contributed by atoms with Crippen LogP contribution in [-0.4, -0.2) is 56.4 Å². The van der Waals surface area contributed by atoms with Crippen molar-refractivity contribution in [2.45, 2.75) is 92.7 Å². The lowest BCUT2D eigenvalue weighted by Crippen LogP contribution is -2.39. The van der Waals surface area contributed by atoms with Gasteiger partial charge in [-0.05, 0) is 74.1 Å². The van der Waals surface area contributed by atoms with Crippen LogP contribution < -0.4 is 0 Å². The molecule has 0 bridgehead atoms. The Hall–Kier alpha value is -1.78. The lowest BCUT2D eigenvalue weighted by molar-refractivity contribution is -0.0531. The Balaban J connectivity index is 0. The van der Waals surface area contributed by atoms with Crippen molar-refractivity contribution < 1.29 is 4.74 Å². The molecule has 206 valence electrons. The molecule has 2 aliphatic rings. The molecule has 1 saturated carbocycles. The maximum atomic E-state index is 5.84. The van der Waals surface area contributed by atoms with E-state index in [4.69, 9.17) is 4.74 Å². The van der Waals surface area contributed by atoms with Gasteiger partial charge in [0.15, 0.2) is 0 Å². The van der Waals surface area contributed by atoms with Gasteiger partial charge in [0.1, 0.15) is 6.23 Å². The molecule has 4 atom stereocenters. The summed E-state index contributed by atoms with van der Waals surface area (Å²) in [4.78, 5) is 5.06. The number of fused-ring (bicyclic) bond motifs is 1. The second-order valence-electron chi connectivity index (χ2n) is 9.58. The highest BCUT2D eigenvalue weighted by Gasteiger charge is 2.43. The van der Waals surface area contributed by atoms with Gasteiger partial charge in [0, 0.05) is 26.7 Å². The SMILES string of the molecule is C#C.C#C.CC.CC.CCCN(C)CCc1ccc(C2CCCC3CN(C(OC)C(C)C)CC32)cc1. The van der Waals surface area contributed by atoms with Gasteiger partial charge in [-0.1, -0.05) is 79.2 Å². The molecule has 1 aliphatic heterocycles. The number of likely N-dealkylation sites (N-methyl/N-ethyl adjacent to an activating group) is 1. The quantitative estimate of drug-likeness (QED) is 0.327. The van der Waals surface area contributed by atoms with Crippen LogP contribution in [0.15, 0.2) is 24.3 Å². The molecule has 4 unspecified atom stereocenters. The fourth-order valence-corrected chi connectivity index (χ4v) is 5.72. The molecule has 0 aromatic heterocycles. The number of terminal acetylenes is 2. The molecule has 1 aromatic rings. The van der Waals surface area contributed by atoms with Crippen LogP contribution in [-0.2, 0) is 11.2 Å². The van der Waals surface area contributed by atoms with E-state index in [1.54, 1.807) is 5.56 Å². The van der Waals surface area contributed by atoms with Crippen LogP contribution in [0.2, 0.25) is 0 Å². The van der Waals surface area contributed by atoms with Crippen LogP contribution in [0.4, 0.5) is 0 Å². The molecule has 36 heavy (non-hydrogen) atoms. The minimum Gasteiger partial charge on any atom is -0.366 e. The van der Waals surface area contributed by atoms with Crippen molar-refractivity contribution in [1.29, 1.82) is 0 Å². The molecular weight excluding hydrogens is 440 g/mol. The molecule has 0 spiro atoms. The van der Waals surface area contributed by atoms with E-state index in [1.165, 1.54) is 50.9 Å². The Morgan fingerprint density at radius 3 is 2.03 bits per heavy atom. The topological polar surface area (TPSA) is 15.7 Å². The summed E-state index contributed by atoms with van der Waals surface area (Å²) in [6.07, 6.45) is 22.8. The molecule has 2 fully saturated rings. The highest BCUT2D eigenvalue weighted by molar-refractivity contribution is 5.27. The van der Waals surface area contributed by atoms with Gasteiger partial charge in [0.05, 0.1) is 0 Å². The van der Waals surface area contributed by atoms with Gasteiger partial charge in [-0.25, -0.2) is 0 Å². The van der Waals surface area contributed by atoms with Crippen molar-refractivity contribution in [2.24, 2.45) is 17.8 Å². The summed E-state index contributed by atoms with van der Waals surface area (Å²) in [6, 6.07) is 9.64. The average molecular weight is 499 g/mol. The van der Waals surface area contributed by atoms with E-state index in [1.807, 2.05) is 34.8 Å². The smallest absolute Gasteiger partial charge is 0.112 e. The van der Waals surface area contributed by atoms with Crippen molar-refractivity contribution >= 4 is 0 Å². The fourth-order valence-electron chi connectivity index (χ4n) is 5.72. The van der Waals surface area contributed by atoms with Crippen LogP contribution >= 0.6 is 0 Å². The van der Waals surface area contributed by atoms with Crippen molar-refractivity contribution in [3.63, 3.8) is 0 Å². The normalized spacial score (nSPS) is 21.2. The lowest BCUT2D eigenvalue weighted by atomic mass is 9.71. The summed E-state index contributed by atoms with van der Waals surface area (Å²) in [6.45, 7) is 19.6. The molecule has 1 heterocycles. The summed E-state index contributed by atoms with van der Waals surface area (Å²) in [7, 11) is 4.11. The summed E-state index contributed by atoms with van der Waals surface area (Å²) in [5.41, 5.74) is 3.05. The zero-order valence-electron chi connectivity index (χ0n) is 25.2. The van der Waals surface area contributed by atoms with E-state index < -0.39 is 0 Å². The van der Waals surface area contributed by atoms with Crippen LogP contribution in [0.25, 0.3) is 0 Å². The monoisotopic (exact) mass is 498 g/mol. The van der Waals surface area contributed by atoms with Crippen LogP contribution in [0.3, 0.4) is 0 Å². The van der Waals surface area contributed by atoms with Gasteiger partial charge in [0.25, 0.3) is 0 Å². The molecule has 3 heteroatoms. The first-order chi connectivity index (χ1) is 17.5. The molecule has 1 aromatic carbocycles. The highest BCUT2D eigenvalue weighted by Crippen LogP contribution is 2.46. The summed E-state index contributed by atoms with van der Waals surface area (Å²) < 4.78 is 5.84. The number of hydrogen-bond acceptors (Lipinski definition) is 3. The Bertz CT molecular complexity index is 657. The number of hydrogen-bond donors (Lipinski definition) is 0. The van der Waals surface area contributed by atoms with Gasteiger partial charge in [-0.3, -0.25) is 4.90 Å². The molecule has 3 rings (SSSR count). The van der Waals surface area contributed by atoms with E-state index in [0.29, 0.717) is 5.92 Å². The summed E-state index contributed by atoms with van der Waals surface area (Å²) >= 11 is 0. The second kappa shape index (κ2) is 22.4. The van der Waals surface area contributed by atoms with Gasteiger partial charge in [-0.2, -0.15) is 0 Å². The third kappa shape index (κ3) is 11.5. The Morgan fingerprint density at radius 1 is 0.944 bits per heavy atom. The number of methoxy groups -OCH3 is 1. The van der Waals surface area contributed by atoms with E-state index in [2.05, 4.69) is 87.6 Å². The number of nitrogens with zero attached hydrogens (tertiary/aromatic N) is 2. The zero-order chi connectivity index (χ0) is 28.1. The van der Waals surface area contributed by atoms with Crippen molar-refractivity contribution in [1.82, 2.24) is 9.80 Å². The Labute approximate surface area is 226 Å². The number of benzene rings is 1. The van der Waals surface area contributed by atoms with Crippen LogP contribution in [0.5, 0.6) is 0 Å². The predicted octanol–water partition coefficient (Wildman–Crippen LogP) is 7.57. The largest absolute Gasteiger partial charge is 0.366 e. The number of rotatable bonds is 9. The lowest BCUT2D eigenvalue weighted by Gasteiger charge is -2.33. The van der Waals surface area contributed by atoms with Crippen molar-refractivity contribution in [2.75, 3.05) is 40.3 Å². The number of ether oxygens (including phenoxy) is 1.